The highest BCUT2D eigenvalue weighted by atomic mass is 16.5. The summed E-state index contributed by atoms with van der Waals surface area (Å²) in [5, 5.41) is 3.50. The van der Waals surface area contributed by atoms with E-state index in [9.17, 15) is 0 Å². The first-order valence-electron chi connectivity index (χ1n) is 6.64. The highest BCUT2D eigenvalue weighted by Gasteiger charge is 2.10. The summed E-state index contributed by atoms with van der Waals surface area (Å²) >= 11 is 0. The Kier molecular flexibility index (Phi) is 4.45. The van der Waals surface area contributed by atoms with Crippen LogP contribution in [0.3, 0.4) is 0 Å². The molecule has 1 atom stereocenters. The lowest BCUT2D eigenvalue weighted by Crippen LogP contribution is -2.15. The van der Waals surface area contributed by atoms with Gasteiger partial charge in [-0.25, -0.2) is 4.98 Å². The molecule has 1 unspecified atom stereocenters. The van der Waals surface area contributed by atoms with Crippen LogP contribution in [0.5, 0.6) is 5.75 Å². The van der Waals surface area contributed by atoms with Crippen LogP contribution < -0.4 is 15.0 Å². The number of hydrogen-bond donors (Lipinski definition) is 1. The van der Waals surface area contributed by atoms with Gasteiger partial charge in [0.1, 0.15) is 5.75 Å². The zero-order valence-electron chi connectivity index (χ0n) is 12.4. The molecule has 1 aromatic heterocycles. The average molecular weight is 271 g/mol. The Morgan fingerprint density at radius 1 is 1.15 bits per heavy atom. The van der Waals surface area contributed by atoms with Gasteiger partial charge in [-0.2, -0.15) is 0 Å². The number of nitrogens with one attached hydrogen (secondary N) is 1. The quantitative estimate of drug-likeness (QED) is 0.905. The topological polar surface area (TPSA) is 37.4 Å². The zero-order chi connectivity index (χ0) is 14.5. The van der Waals surface area contributed by atoms with E-state index in [1.807, 2.05) is 43.3 Å². The van der Waals surface area contributed by atoms with E-state index < -0.39 is 0 Å². The summed E-state index contributed by atoms with van der Waals surface area (Å²) in [7, 11) is 5.66. The minimum absolute atomic E-state index is 0.198. The van der Waals surface area contributed by atoms with Crippen LogP contribution in [0, 0.1) is 0 Å². The third kappa shape index (κ3) is 3.20. The van der Waals surface area contributed by atoms with Crippen molar-refractivity contribution >= 4 is 11.5 Å². The summed E-state index contributed by atoms with van der Waals surface area (Å²) in [5.74, 6) is 1.81. The predicted octanol–water partition coefficient (Wildman–Crippen LogP) is 3.33. The lowest BCUT2D eigenvalue weighted by atomic mass is 10.1. The number of nitrogens with zero attached hydrogens (tertiary/aromatic N) is 2. The van der Waals surface area contributed by atoms with Crippen molar-refractivity contribution in [2.75, 3.05) is 31.4 Å². The summed E-state index contributed by atoms with van der Waals surface area (Å²) in [6, 6.07) is 12.3. The lowest BCUT2D eigenvalue weighted by Gasteiger charge is -2.21. The maximum absolute atomic E-state index is 5.18. The predicted molar refractivity (Wildman–Crippen MR) is 83.6 cm³/mol. The number of anilines is 2. The second kappa shape index (κ2) is 6.28. The van der Waals surface area contributed by atoms with E-state index in [1.54, 1.807) is 13.3 Å². The number of benzene rings is 1. The molecular formula is C16H21N3O. The number of pyridine rings is 1. The minimum Gasteiger partial charge on any atom is -0.497 e. The molecule has 1 aromatic carbocycles. The van der Waals surface area contributed by atoms with Crippen LogP contribution in [0.1, 0.15) is 18.5 Å². The Morgan fingerprint density at radius 3 is 2.45 bits per heavy atom. The smallest absolute Gasteiger partial charge is 0.151 e. The van der Waals surface area contributed by atoms with Gasteiger partial charge in [0.15, 0.2) is 5.82 Å². The first kappa shape index (κ1) is 14.2. The number of aromatic nitrogens is 1. The Morgan fingerprint density at radius 2 is 1.85 bits per heavy atom. The summed E-state index contributed by atoms with van der Waals surface area (Å²) < 4.78 is 5.18. The molecule has 0 fully saturated rings. The van der Waals surface area contributed by atoms with Gasteiger partial charge in [0.25, 0.3) is 0 Å². The fourth-order valence-electron chi connectivity index (χ4n) is 2.08. The van der Waals surface area contributed by atoms with Crippen molar-refractivity contribution in [1.82, 2.24) is 4.98 Å². The Hall–Kier alpha value is -2.23. The molecule has 0 saturated heterocycles. The monoisotopic (exact) mass is 271 g/mol. The summed E-state index contributed by atoms with van der Waals surface area (Å²) in [4.78, 5) is 6.40. The van der Waals surface area contributed by atoms with E-state index in [2.05, 4.69) is 29.4 Å². The van der Waals surface area contributed by atoms with E-state index in [4.69, 9.17) is 4.74 Å². The first-order chi connectivity index (χ1) is 9.61. The second-order valence-corrected chi connectivity index (χ2v) is 4.91. The van der Waals surface area contributed by atoms with Gasteiger partial charge in [0.2, 0.25) is 0 Å². The van der Waals surface area contributed by atoms with Crippen LogP contribution in [0.15, 0.2) is 42.6 Å². The lowest BCUT2D eigenvalue weighted by molar-refractivity contribution is 0.414. The number of rotatable bonds is 5. The standard InChI is InChI=1S/C16H21N3O/c1-12(13-7-9-14(20-4)10-8-13)18-15-6-5-11-17-16(15)19(2)3/h5-12,18H,1-4H3. The van der Waals surface area contributed by atoms with Gasteiger partial charge >= 0.3 is 0 Å². The molecule has 106 valence electrons. The van der Waals surface area contributed by atoms with Gasteiger partial charge < -0.3 is 15.0 Å². The van der Waals surface area contributed by atoms with Crippen LogP contribution in [0.2, 0.25) is 0 Å². The third-order valence-electron chi connectivity index (χ3n) is 3.20. The van der Waals surface area contributed by atoms with Gasteiger partial charge in [0.05, 0.1) is 12.8 Å². The largest absolute Gasteiger partial charge is 0.497 e. The normalized spacial score (nSPS) is 11.8. The van der Waals surface area contributed by atoms with Crippen LogP contribution in [0.4, 0.5) is 11.5 Å². The molecular weight excluding hydrogens is 250 g/mol. The van der Waals surface area contributed by atoms with Crippen molar-refractivity contribution in [2.45, 2.75) is 13.0 Å². The summed E-state index contributed by atoms with van der Waals surface area (Å²) in [6.07, 6.45) is 1.80. The molecule has 2 aromatic rings. The van der Waals surface area contributed by atoms with Crippen molar-refractivity contribution in [3.05, 3.63) is 48.2 Å². The Balaban J connectivity index is 2.16. The van der Waals surface area contributed by atoms with E-state index >= 15 is 0 Å². The van der Waals surface area contributed by atoms with Crippen molar-refractivity contribution in [1.29, 1.82) is 0 Å². The van der Waals surface area contributed by atoms with Crippen molar-refractivity contribution in [2.24, 2.45) is 0 Å². The molecule has 0 bridgehead atoms. The van der Waals surface area contributed by atoms with Gasteiger partial charge in [-0.05, 0) is 36.8 Å². The SMILES string of the molecule is COc1ccc(C(C)Nc2cccnc2N(C)C)cc1. The molecule has 0 spiro atoms. The van der Waals surface area contributed by atoms with E-state index in [-0.39, 0.29) is 6.04 Å². The maximum Gasteiger partial charge on any atom is 0.151 e. The van der Waals surface area contributed by atoms with Gasteiger partial charge in [-0.3, -0.25) is 0 Å². The van der Waals surface area contributed by atoms with Crippen molar-refractivity contribution < 1.29 is 4.74 Å². The molecule has 0 aliphatic carbocycles. The number of hydrogen-bond acceptors (Lipinski definition) is 4. The van der Waals surface area contributed by atoms with Crippen molar-refractivity contribution in [3.63, 3.8) is 0 Å². The maximum atomic E-state index is 5.18. The number of ether oxygens (including phenoxy) is 1. The van der Waals surface area contributed by atoms with Gasteiger partial charge in [0, 0.05) is 26.3 Å². The molecule has 0 radical (unpaired) electrons. The highest BCUT2D eigenvalue weighted by Crippen LogP contribution is 2.26. The summed E-state index contributed by atoms with van der Waals surface area (Å²) in [5.41, 5.74) is 2.24. The third-order valence-corrected chi connectivity index (χ3v) is 3.20. The van der Waals surface area contributed by atoms with Crippen LogP contribution in [0.25, 0.3) is 0 Å². The second-order valence-electron chi connectivity index (χ2n) is 4.91. The van der Waals surface area contributed by atoms with Gasteiger partial charge in [-0.15, -0.1) is 0 Å². The molecule has 20 heavy (non-hydrogen) atoms. The minimum atomic E-state index is 0.198. The van der Waals surface area contributed by atoms with E-state index in [1.165, 1.54) is 5.56 Å². The van der Waals surface area contributed by atoms with E-state index in [0.717, 1.165) is 17.3 Å². The first-order valence-corrected chi connectivity index (χ1v) is 6.64. The van der Waals surface area contributed by atoms with Crippen LogP contribution in [-0.4, -0.2) is 26.2 Å². The fourth-order valence-corrected chi connectivity index (χ4v) is 2.08. The zero-order valence-corrected chi connectivity index (χ0v) is 12.4. The van der Waals surface area contributed by atoms with E-state index in [0.29, 0.717) is 0 Å². The fraction of sp³-hybridized carbons (Fsp3) is 0.312. The Bertz CT molecular complexity index is 552. The highest BCUT2D eigenvalue weighted by molar-refractivity contribution is 5.65. The van der Waals surface area contributed by atoms with Crippen molar-refractivity contribution in [3.8, 4) is 5.75 Å². The molecule has 0 amide bonds. The average Bonchev–Trinajstić information content (AvgIpc) is 2.47. The molecule has 2 rings (SSSR count). The summed E-state index contributed by atoms with van der Waals surface area (Å²) in [6.45, 7) is 2.13. The molecule has 1 N–H and O–H groups in total. The number of methoxy groups -OCH3 is 1. The van der Waals surface area contributed by atoms with Crippen LogP contribution in [-0.2, 0) is 0 Å². The molecule has 4 nitrogen and oxygen atoms in total. The molecule has 0 saturated carbocycles. The Labute approximate surface area is 120 Å². The molecule has 0 aliphatic heterocycles. The van der Waals surface area contributed by atoms with Gasteiger partial charge in [-0.1, -0.05) is 12.1 Å². The molecule has 0 aliphatic rings. The molecule has 4 heteroatoms. The molecule has 1 heterocycles. The van der Waals surface area contributed by atoms with Crippen LogP contribution >= 0.6 is 0 Å².